The van der Waals surface area contributed by atoms with Crippen LogP contribution in [-0.4, -0.2) is 27.8 Å². The highest BCUT2D eigenvalue weighted by atomic mass is 16.5. The maximum Gasteiger partial charge on any atom is 0.186 e. The van der Waals surface area contributed by atoms with Gasteiger partial charge in [0.2, 0.25) is 0 Å². The Morgan fingerprint density at radius 1 is 1.56 bits per heavy atom. The van der Waals surface area contributed by atoms with Crippen molar-refractivity contribution >= 4 is 5.84 Å². The molecule has 16 heavy (non-hydrogen) atoms. The second-order valence-electron chi connectivity index (χ2n) is 4.53. The molecule has 0 bridgehead atoms. The number of nitrogens with zero attached hydrogens (tertiary/aromatic N) is 2. The van der Waals surface area contributed by atoms with Crippen LogP contribution in [0.15, 0.2) is 23.5 Å². The summed E-state index contributed by atoms with van der Waals surface area (Å²) in [6, 6.07) is 3.65. The van der Waals surface area contributed by atoms with E-state index in [1.165, 1.54) is 0 Å². The van der Waals surface area contributed by atoms with Crippen molar-refractivity contribution in [3.63, 3.8) is 0 Å². The van der Waals surface area contributed by atoms with Crippen LogP contribution in [0.2, 0.25) is 0 Å². The van der Waals surface area contributed by atoms with Crippen LogP contribution in [0.4, 0.5) is 0 Å². The SMILES string of the molecule is CC(C)(C)OCCn1cccc1/C(N)=N/O. The molecule has 0 aliphatic heterocycles. The molecule has 0 saturated carbocycles. The number of oxime groups is 1. The minimum Gasteiger partial charge on any atom is -0.409 e. The first-order chi connectivity index (χ1) is 7.44. The van der Waals surface area contributed by atoms with E-state index in [9.17, 15) is 0 Å². The molecule has 1 rings (SSSR count). The predicted molar refractivity (Wildman–Crippen MR) is 62.6 cm³/mol. The van der Waals surface area contributed by atoms with Crippen molar-refractivity contribution in [2.45, 2.75) is 32.9 Å². The summed E-state index contributed by atoms with van der Waals surface area (Å²) < 4.78 is 7.50. The fourth-order valence-corrected chi connectivity index (χ4v) is 1.34. The number of amidine groups is 1. The molecular formula is C11H19N3O2. The van der Waals surface area contributed by atoms with Gasteiger partial charge in [0.05, 0.1) is 17.9 Å². The second-order valence-corrected chi connectivity index (χ2v) is 4.53. The zero-order valence-corrected chi connectivity index (χ0v) is 9.97. The molecular weight excluding hydrogens is 206 g/mol. The summed E-state index contributed by atoms with van der Waals surface area (Å²) in [5, 5.41) is 11.6. The molecule has 0 unspecified atom stereocenters. The quantitative estimate of drug-likeness (QED) is 0.352. The highest BCUT2D eigenvalue weighted by Gasteiger charge is 2.10. The summed E-state index contributed by atoms with van der Waals surface area (Å²) in [6.45, 7) is 7.28. The van der Waals surface area contributed by atoms with E-state index in [4.69, 9.17) is 15.7 Å². The van der Waals surface area contributed by atoms with E-state index in [-0.39, 0.29) is 11.4 Å². The van der Waals surface area contributed by atoms with E-state index in [1.807, 2.05) is 37.6 Å². The lowest BCUT2D eigenvalue weighted by molar-refractivity contribution is -0.00684. The van der Waals surface area contributed by atoms with Gasteiger partial charge in [-0.15, -0.1) is 0 Å². The Hall–Kier alpha value is -1.49. The summed E-state index contributed by atoms with van der Waals surface area (Å²) in [4.78, 5) is 0. The molecule has 0 radical (unpaired) electrons. The molecule has 1 heterocycles. The van der Waals surface area contributed by atoms with Crippen LogP contribution in [0.1, 0.15) is 26.5 Å². The summed E-state index contributed by atoms with van der Waals surface area (Å²) >= 11 is 0. The molecule has 5 heteroatoms. The molecule has 0 fully saturated rings. The van der Waals surface area contributed by atoms with Gasteiger partial charge in [-0.2, -0.15) is 0 Å². The van der Waals surface area contributed by atoms with Crippen molar-refractivity contribution in [3.8, 4) is 0 Å². The first-order valence-electron chi connectivity index (χ1n) is 5.21. The molecule has 1 aromatic rings. The molecule has 0 saturated heterocycles. The van der Waals surface area contributed by atoms with Crippen molar-refractivity contribution in [2.75, 3.05) is 6.61 Å². The van der Waals surface area contributed by atoms with Crippen LogP contribution in [0, 0.1) is 0 Å². The Labute approximate surface area is 95.5 Å². The average molecular weight is 225 g/mol. The highest BCUT2D eigenvalue weighted by molar-refractivity contribution is 5.95. The lowest BCUT2D eigenvalue weighted by atomic mass is 10.2. The molecule has 0 amide bonds. The van der Waals surface area contributed by atoms with Crippen LogP contribution in [0.3, 0.4) is 0 Å². The second kappa shape index (κ2) is 5.03. The lowest BCUT2D eigenvalue weighted by Gasteiger charge is -2.20. The zero-order valence-electron chi connectivity index (χ0n) is 9.97. The smallest absolute Gasteiger partial charge is 0.186 e. The maximum absolute atomic E-state index is 8.60. The van der Waals surface area contributed by atoms with Crippen molar-refractivity contribution in [2.24, 2.45) is 10.9 Å². The topological polar surface area (TPSA) is 72.8 Å². The standard InChI is InChI=1S/C11H19N3O2/c1-11(2,3)16-8-7-14-6-4-5-9(14)10(12)13-15/h4-6,15H,7-8H2,1-3H3,(H2,12,13). The van der Waals surface area contributed by atoms with Crippen LogP contribution < -0.4 is 5.73 Å². The molecule has 0 atom stereocenters. The summed E-state index contributed by atoms with van der Waals surface area (Å²) in [6.07, 6.45) is 1.87. The van der Waals surface area contributed by atoms with Crippen LogP contribution in [0.5, 0.6) is 0 Å². The van der Waals surface area contributed by atoms with Crippen molar-refractivity contribution < 1.29 is 9.94 Å². The van der Waals surface area contributed by atoms with Gasteiger partial charge in [0.25, 0.3) is 0 Å². The fraction of sp³-hybridized carbons (Fsp3) is 0.545. The largest absolute Gasteiger partial charge is 0.409 e. The Kier molecular flexibility index (Phi) is 3.95. The van der Waals surface area contributed by atoms with Crippen LogP contribution in [0.25, 0.3) is 0 Å². The maximum atomic E-state index is 8.60. The molecule has 0 aliphatic carbocycles. The Bertz CT molecular complexity index is 364. The minimum atomic E-state index is -0.149. The van der Waals surface area contributed by atoms with Crippen molar-refractivity contribution in [3.05, 3.63) is 24.0 Å². The molecule has 0 aliphatic rings. The zero-order chi connectivity index (χ0) is 12.2. The molecule has 0 spiro atoms. The number of aromatic nitrogens is 1. The number of hydrogen-bond donors (Lipinski definition) is 2. The van der Waals surface area contributed by atoms with Gasteiger partial charge in [-0.3, -0.25) is 0 Å². The third-order valence-electron chi connectivity index (χ3n) is 2.07. The van der Waals surface area contributed by atoms with Gasteiger partial charge >= 0.3 is 0 Å². The van der Waals surface area contributed by atoms with Gasteiger partial charge in [0, 0.05) is 12.7 Å². The fourth-order valence-electron chi connectivity index (χ4n) is 1.34. The van der Waals surface area contributed by atoms with Crippen LogP contribution in [-0.2, 0) is 11.3 Å². The number of ether oxygens (including phenoxy) is 1. The monoisotopic (exact) mass is 225 g/mol. The van der Waals surface area contributed by atoms with E-state index >= 15 is 0 Å². The molecule has 5 nitrogen and oxygen atoms in total. The van der Waals surface area contributed by atoms with E-state index in [1.54, 1.807) is 6.07 Å². The van der Waals surface area contributed by atoms with Gasteiger partial charge < -0.3 is 20.2 Å². The average Bonchev–Trinajstić information content (AvgIpc) is 2.63. The summed E-state index contributed by atoms with van der Waals surface area (Å²) in [5.74, 6) is 0.112. The first kappa shape index (κ1) is 12.6. The van der Waals surface area contributed by atoms with Gasteiger partial charge in [-0.05, 0) is 32.9 Å². The van der Waals surface area contributed by atoms with Gasteiger partial charge in [0.15, 0.2) is 5.84 Å². The molecule has 1 aromatic heterocycles. The van der Waals surface area contributed by atoms with Crippen molar-refractivity contribution in [1.82, 2.24) is 4.57 Å². The summed E-state index contributed by atoms with van der Waals surface area (Å²) in [5.41, 5.74) is 6.08. The minimum absolute atomic E-state index is 0.112. The van der Waals surface area contributed by atoms with Gasteiger partial charge in [-0.1, -0.05) is 5.16 Å². The lowest BCUT2D eigenvalue weighted by Crippen LogP contribution is -2.24. The van der Waals surface area contributed by atoms with Gasteiger partial charge in [-0.25, -0.2) is 0 Å². The number of hydrogen-bond acceptors (Lipinski definition) is 3. The Balaban J connectivity index is 2.58. The Morgan fingerprint density at radius 3 is 2.81 bits per heavy atom. The van der Waals surface area contributed by atoms with E-state index in [0.29, 0.717) is 18.8 Å². The van der Waals surface area contributed by atoms with Gasteiger partial charge in [0.1, 0.15) is 0 Å². The third kappa shape index (κ3) is 3.58. The first-order valence-corrected chi connectivity index (χ1v) is 5.21. The predicted octanol–water partition coefficient (Wildman–Crippen LogP) is 1.40. The molecule has 3 N–H and O–H groups in total. The normalized spacial score (nSPS) is 13.1. The van der Waals surface area contributed by atoms with E-state index < -0.39 is 0 Å². The highest BCUT2D eigenvalue weighted by Crippen LogP contribution is 2.08. The Morgan fingerprint density at radius 2 is 2.25 bits per heavy atom. The van der Waals surface area contributed by atoms with Crippen LogP contribution >= 0.6 is 0 Å². The number of rotatable bonds is 4. The van der Waals surface area contributed by atoms with E-state index in [0.717, 1.165) is 0 Å². The molecule has 90 valence electrons. The summed E-state index contributed by atoms with van der Waals surface area (Å²) in [7, 11) is 0. The van der Waals surface area contributed by atoms with Crippen molar-refractivity contribution in [1.29, 1.82) is 0 Å². The molecule has 0 aromatic carbocycles. The van der Waals surface area contributed by atoms with E-state index in [2.05, 4.69) is 5.16 Å². The third-order valence-corrected chi connectivity index (χ3v) is 2.07. The number of nitrogens with two attached hydrogens (primary N) is 1.